The zero-order valence-corrected chi connectivity index (χ0v) is 18.3. The SMILES string of the molecule is COC1CCCN(S(=O)(=O)c2cccc(C(=O)Nc3ccc(OC(C)C)cc3)c2)C1. The van der Waals surface area contributed by atoms with Crippen LogP contribution in [0.3, 0.4) is 0 Å². The minimum absolute atomic E-state index is 0.0641. The summed E-state index contributed by atoms with van der Waals surface area (Å²) < 4.78 is 38.4. The van der Waals surface area contributed by atoms with Gasteiger partial charge >= 0.3 is 0 Å². The zero-order chi connectivity index (χ0) is 21.7. The molecule has 30 heavy (non-hydrogen) atoms. The number of methoxy groups -OCH3 is 1. The fourth-order valence-corrected chi connectivity index (χ4v) is 4.91. The third-order valence-electron chi connectivity index (χ3n) is 4.89. The molecule has 8 heteroatoms. The molecule has 1 unspecified atom stereocenters. The van der Waals surface area contributed by atoms with Crippen molar-refractivity contribution in [2.24, 2.45) is 0 Å². The number of sulfonamides is 1. The van der Waals surface area contributed by atoms with E-state index >= 15 is 0 Å². The second-order valence-electron chi connectivity index (χ2n) is 7.54. The summed E-state index contributed by atoms with van der Waals surface area (Å²) in [5, 5.41) is 2.79. The van der Waals surface area contributed by atoms with Crippen molar-refractivity contribution in [2.45, 2.75) is 43.8 Å². The molecule has 1 fully saturated rings. The number of rotatable bonds is 7. The van der Waals surface area contributed by atoms with Crippen LogP contribution in [0.15, 0.2) is 53.4 Å². The van der Waals surface area contributed by atoms with Gasteiger partial charge in [-0.1, -0.05) is 6.07 Å². The first-order valence-corrected chi connectivity index (χ1v) is 11.4. The van der Waals surface area contributed by atoms with E-state index in [9.17, 15) is 13.2 Å². The molecule has 1 aliphatic heterocycles. The van der Waals surface area contributed by atoms with Crippen LogP contribution in [0.4, 0.5) is 5.69 Å². The van der Waals surface area contributed by atoms with E-state index in [2.05, 4.69) is 5.32 Å². The first-order chi connectivity index (χ1) is 14.3. The number of carbonyl (C=O) groups is 1. The number of hydrogen-bond acceptors (Lipinski definition) is 5. The van der Waals surface area contributed by atoms with Crippen LogP contribution in [-0.2, 0) is 14.8 Å². The number of piperidine rings is 1. The predicted molar refractivity (Wildman–Crippen MR) is 115 cm³/mol. The predicted octanol–water partition coefficient (Wildman–Crippen LogP) is 3.53. The van der Waals surface area contributed by atoms with Crippen LogP contribution in [0.2, 0.25) is 0 Å². The van der Waals surface area contributed by atoms with Crippen LogP contribution in [0.25, 0.3) is 0 Å². The number of nitrogens with zero attached hydrogens (tertiary/aromatic N) is 1. The number of hydrogen-bond donors (Lipinski definition) is 1. The van der Waals surface area contributed by atoms with E-state index in [1.165, 1.54) is 16.4 Å². The summed E-state index contributed by atoms with van der Waals surface area (Å²) in [5.74, 6) is 0.338. The van der Waals surface area contributed by atoms with Gasteiger partial charge in [0.05, 0.1) is 17.1 Å². The van der Waals surface area contributed by atoms with Gasteiger partial charge in [0.25, 0.3) is 5.91 Å². The zero-order valence-electron chi connectivity index (χ0n) is 17.5. The second-order valence-corrected chi connectivity index (χ2v) is 9.47. The number of carbonyl (C=O) groups excluding carboxylic acids is 1. The highest BCUT2D eigenvalue weighted by atomic mass is 32.2. The minimum Gasteiger partial charge on any atom is -0.491 e. The topological polar surface area (TPSA) is 84.9 Å². The lowest BCUT2D eigenvalue weighted by Gasteiger charge is -2.31. The van der Waals surface area contributed by atoms with Crippen LogP contribution < -0.4 is 10.1 Å². The van der Waals surface area contributed by atoms with Gasteiger partial charge in [0.2, 0.25) is 10.0 Å². The Morgan fingerprint density at radius 3 is 2.57 bits per heavy atom. The molecule has 1 N–H and O–H groups in total. The van der Waals surface area contributed by atoms with Gasteiger partial charge in [-0.25, -0.2) is 8.42 Å². The summed E-state index contributed by atoms with van der Waals surface area (Å²) in [6.07, 6.45) is 1.54. The molecule has 0 bridgehead atoms. The third kappa shape index (κ3) is 5.38. The summed E-state index contributed by atoms with van der Waals surface area (Å²) in [4.78, 5) is 12.8. The van der Waals surface area contributed by atoms with Crippen molar-refractivity contribution in [3.8, 4) is 5.75 Å². The number of ether oxygens (including phenoxy) is 2. The lowest BCUT2D eigenvalue weighted by molar-refractivity contribution is 0.0572. The highest BCUT2D eigenvalue weighted by Crippen LogP contribution is 2.23. The summed E-state index contributed by atoms with van der Waals surface area (Å²) >= 11 is 0. The Kier molecular flexibility index (Phi) is 7.12. The summed E-state index contributed by atoms with van der Waals surface area (Å²) in [6.45, 7) is 4.65. The summed E-state index contributed by atoms with van der Waals surface area (Å²) in [5.41, 5.74) is 0.877. The molecule has 2 aromatic rings. The third-order valence-corrected chi connectivity index (χ3v) is 6.75. The number of anilines is 1. The van der Waals surface area contributed by atoms with Crippen LogP contribution in [-0.4, -0.2) is 51.0 Å². The number of benzene rings is 2. The Labute approximate surface area is 178 Å². The molecule has 1 heterocycles. The molecule has 1 aliphatic rings. The van der Waals surface area contributed by atoms with E-state index in [0.29, 0.717) is 24.5 Å². The molecule has 0 aliphatic carbocycles. The van der Waals surface area contributed by atoms with E-state index in [0.717, 1.165) is 12.8 Å². The fourth-order valence-electron chi connectivity index (χ4n) is 3.35. The average molecular weight is 433 g/mol. The van der Waals surface area contributed by atoms with Gasteiger partial charge in [-0.15, -0.1) is 0 Å². The van der Waals surface area contributed by atoms with E-state index in [1.807, 2.05) is 13.8 Å². The first kappa shape index (κ1) is 22.3. The molecule has 0 radical (unpaired) electrons. The van der Waals surface area contributed by atoms with Gasteiger partial charge in [0.15, 0.2) is 0 Å². The lowest BCUT2D eigenvalue weighted by atomic mass is 10.1. The van der Waals surface area contributed by atoms with Crippen molar-refractivity contribution >= 4 is 21.6 Å². The second kappa shape index (κ2) is 9.59. The molecule has 0 aromatic heterocycles. The molecule has 7 nitrogen and oxygen atoms in total. The molecule has 1 atom stereocenters. The van der Waals surface area contributed by atoms with E-state index in [1.54, 1.807) is 43.5 Å². The molecular formula is C22H28N2O5S. The molecule has 3 rings (SSSR count). The summed E-state index contributed by atoms with van der Waals surface area (Å²) in [7, 11) is -2.10. The van der Waals surface area contributed by atoms with Gasteiger partial charge in [-0.2, -0.15) is 4.31 Å². The average Bonchev–Trinajstić information content (AvgIpc) is 2.75. The van der Waals surface area contributed by atoms with Crippen molar-refractivity contribution in [3.63, 3.8) is 0 Å². The Hall–Kier alpha value is -2.42. The molecule has 162 valence electrons. The van der Waals surface area contributed by atoms with Crippen LogP contribution in [0.5, 0.6) is 5.75 Å². The maximum absolute atomic E-state index is 13.0. The fraction of sp³-hybridized carbons (Fsp3) is 0.409. The molecular weight excluding hydrogens is 404 g/mol. The van der Waals surface area contributed by atoms with E-state index < -0.39 is 10.0 Å². The molecule has 0 saturated carbocycles. The molecule has 0 spiro atoms. The maximum atomic E-state index is 13.0. The quantitative estimate of drug-likeness (QED) is 0.724. The lowest BCUT2D eigenvalue weighted by Crippen LogP contribution is -2.42. The van der Waals surface area contributed by atoms with E-state index in [-0.39, 0.29) is 28.6 Å². The first-order valence-electron chi connectivity index (χ1n) is 10.0. The van der Waals surface area contributed by atoms with Gasteiger partial charge in [0, 0.05) is 31.5 Å². The largest absolute Gasteiger partial charge is 0.491 e. The summed E-state index contributed by atoms with van der Waals surface area (Å²) in [6, 6.07) is 13.2. The van der Waals surface area contributed by atoms with Crippen LogP contribution in [0, 0.1) is 0 Å². The van der Waals surface area contributed by atoms with Crippen molar-refractivity contribution in [3.05, 3.63) is 54.1 Å². The maximum Gasteiger partial charge on any atom is 0.255 e. The van der Waals surface area contributed by atoms with Crippen LogP contribution in [0.1, 0.15) is 37.0 Å². The minimum atomic E-state index is -3.69. The molecule has 1 saturated heterocycles. The van der Waals surface area contributed by atoms with Crippen LogP contribution >= 0.6 is 0 Å². The Balaban J connectivity index is 1.73. The highest BCUT2D eigenvalue weighted by molar-refractivity contribution is 7.89. The van der Waals surface area contributed by atoms with Crippen molar-refractivity contribution in [2.75, 3.05) is 25.5 Å². The van der Waals surface area contributed by atoms with Crippen molar-refractivity contribution in [1.29, 1.82) is 0 Å². The van der Waals surface area contributed by atoms with Crippen molar-refractivity contribution in [1.82, 2.24) is 4.31 Å². The normalized spacial score (nSPS) is 17.7. The molecule has 1 amide bonds. The van der Waals surface area contributed by atoms with Gasteiger partial charge in [-0.3, -0.25) is 4.79 Å². The van der Waals surface area contributed by atoms with Gasteiger partial charge in [-0.05, 0) is 69.2 Å². The standard InChI is InChI=1S/C22H28N2O5S/c1-16(2)29-19-11-9-18(10-12-19)23-22(25)17-6-4-8-21(14-17)30(26,27)24-13-5-7-20(15-24)28-3/h4,6,8-12,14,16,20H,5,7,13,15H2,1-3H3,(H,23,25). The Bertz CT molecular complexity index is 973. The smallest absolute Gasteiger partial charge is 0.255 e. The van der Waals surface area contributed by atoms with Crippen molar-refractivity contribution < 1.29 is 22.7 Å². The van der Waals surface area contributed by atoms with E-state index in [4.69, 9.17) is 9.47 Å². The van der Waals surface area contributed by atoms with Gasteiger partial charge < -0.3 is 14.8 Å². The van der Waals surface area contributed by atoms with Gasteiger partial charge in [0.1, 0.15) is 5.75 Å². The molecule has 2 aromatic carbocycles. The Morgan fingerprint density at radius 2 is 1.90 bits per heavy atom. The highest BCUT2D eigenvalue weighted by Gasteiger charge is 2.30. The monoisotopic (exact) mass is 432 g/mol. The number of nitrogens with one attached hydrogen (secondary N) is 1. The Morgan fingerprint density at radius 1 is 1.17 bits per heavy atom. The number of amides is 1.